The molecular weight excluding hydrogens is 174 g/mol. The van der Waals surface area contributed by atoms with Crippen LogP contribution in [0.1, 0.15) is 44.8 Å². The van der Waals surface area contributed by atoms with Gasteiger partial charge >= 0.3 is 0 Å². The van der Waals surface area contributed by atoms with E-state index >= 15 is 0 Å². The quantitative estimate of drug-likeness (QED) is 0.744. The van der Waals surface area contributed by atoms with Crippen LogP contribution in [-0.2, 0) is 0 Å². The molecule has 1 saturated carbocycles. The van der Waals surface area contributed by atoms with E-state index in [0.29, 0.717) is 11.5 Å². The van der Waals surface area contributed by atoms with Gasteiger partial charge < -0.3 is 5.73 Å². The van der Waals surface area contributed by atoms with E-state index in [1.807, 2.05) is 17.7 Å². The fraction of sp³-hybridized carbons (Fsp3) is 0.727. The summed E-state index contributed by atoms with van der Waals surface area (Å²) in [6.07, 6.45) is 3.67. The normalized spacial score (nSPS) is 25.5. The standard InChI is InChI=1S/C11H19N3/c1-8-6-10(12)14(13-8)9-4-5-11(2,3)7-9/h6,9H,4-5,7,12H2,1-3H3. The van der Waals surface area contributed by atoms with E-state index in [1.54, 1.807) is 0 Å². The summed E-state index contributed by atoms with van der Waals surface area (Å²) in [6, 6.07) is 2.46. The Morgan fingerprint density at radius 3 is 2.71 bits per heavy atom. The molecule has 1 unspecified atom stereocenters. The van der Waals surface area contributed by atoms with Gasteiger partial charge in [-0.1, -0.05) is 13.8 Å². The fourth-order valence-corrected chi connectivity index (χ4v) is 2.44. The molecule has 0 bridgehead atoms. The summed E-state index contributed by atoms with van der Waals surface area (Å²) < 4.78 is 2.00. The average molecular weight is 193 g/mol. The Labute approximate surface area is 85.3 Å². The van der Waals surface area contributed by atoms with Crippen LogP contribution >= 0.6 is 0 Å². The van der Waals surface area contributed by atoms with Crippen LogP contribution < -0.4 is 5.73 Å². The van der Waals surface area contributed by atoms with E-state index in [0.717, 1.165) is 11.5 Å². The number of nitrogens with zero attached hydrogens (tertiary/aromatic N) is 2. The van der Waals surface area contributed by atoms with E-state index in [9.17, 15) is 0 Å². The van der Waals surface area contributed by atoms with Gasteiger partial charge in [0.1, 0.15) is 5.82 Å². The first-order valence-electron chi connectivity index (χ1n) is 5.30. The predicted molar refractivity (Wildman–Crippen MR) is 58.0 cm³/mol. The molecule has 0 spiro atoms. The maximum Gasteiger partial charge on any atom is 0.122 e. The van der Waals surface area contributed by atoms with Crippen molar-refractivity contribution in [3.8, 4) is 0 Å². The van der Waals surface area contributed by atoms with Gasteiger partial charge in [0, 0.05) is 6.07 Å². The number of hydrogen-bond acceptors (Lipinski definition) is 2. The number of aromatic nitrogens is 2. The molecule has 1 aliphatic carbocycles. The largest absolute Gasteiger partial charge is 0.384 e. The predicted octanol–water partition coefficient (Wildman–Crippen LogP) is 2.52. The summed E-state index contributed by atoms with van der Waals surface area (Å²) >= 11 is 0. The van der Waals surface area contributed by atoms with Crippen molar-refractivity contribution in [3.05, 3.63) is 11.8 Å². The van der Waals surface area contributed by atoms with E-state index in [4.69, 9.17) is 5.73 Å². The van der Waals surface area contributed by atoms with Gasteiger partial charge in [-0.15, -0.1) is 0 Å². The summed E-state index contributed by atoms with van der Waals surface area (Å²) in [4.78, 5) is 0. The van der Waals surface area contributed by atoms with Gasteiger partial charge in [0.2, 0.25) is 0 Å². The molecule has 0 saturated heterocycles. The van der Waals surface area contributed by atoms with Crippen molar-refractivity contribution in [2.45, 2.75) is 46.1 Å². The first-order chi connectivity index (χ1) is 6.48. The molecule has 1 aromatic rings. The van der Waals surface area contributed by atoms with Gasteiger partial charge in [-0.25, -0.2) is 4.68 Å². The molecule has 1 aromatic heterocycles. The Morgan fingerprint density at radius 1 is 1.57 bits per heavy atom. The van der Waals surface area contributed by atoms with Crippen LogP contribution in [0.2, 0.25) is 0 Å². The third kappa shape index (κ3) is 1.63. The van der Waals surface area contributed by atoms with Crippen LogP contribution in [0.25, 0.3) is 0 Å². The lowest BCUT2D eigenvalue weighted by atomic mass is 9.92. The SMILES string of the molecule is Cc1cc(N)n(C2CCC(C)(C)C2)n1. The molecule has 0 aliphatic heterocycles. The minimum atomic E-state index is 0.455. The Balaban J connectivity index is 2.21. The molecule has 0 amide bonds. The first-order valence-corrected chi connectivity index (χ1v) is 5.30. The van der Waals surface area contributed by atoms with Crippen LogP contribution in [0.3, 0.4) is 0 Å². The monoisotopic (exact) mass is 193 g/mol. The molecule has 3 nitrogen and oxygen atoms in total. The molecule has 0 aromatic carbocycles. The van der Waals surface area contributed by atoms with Crippen molar-refractivity contribution in [3.63, 3.8) is 0 Å². The topological polar surface area (TPSA) is 43.8 Å². The number of nitrogen functional groups attached to an aromatic ring is 1. The third-order valence-electron chi connectivity index (χ3n) is 3.18. The second-order valence-corrected chi connectivity index (χ2v) is 5.22. The van der Waals surface area contributed by atoms with Crippen LogP contribution in [0.5, 0.6) is 0 Å². The lowest BCUT2D eigenvalue weighted by Gasteiger charge is -2.17. The van der Waals surface area contributed by atoms with Crippen molar-refractivity contribution in [1.29, 1.82) is 0 Å². The minimum absolute atomic E-state index is 0.455. The molecule has 1 atom stereocenters. The van der Waals surface area contributed by atoms with Gasteiger partial charge in [0.15, 0.2) is 0 Å². The molecular formula is C11H19N3. The lowest BCUT2D eigenvalue weighted by Crippen LogP contribution is -2.12. The van der Waals surface area contributed by atoms with Crippen LogP contribution in [-0.4, -0.2) is 9.78 Å². The number of hydrogen-bond donors (Lipinski definition) is 1. The maximum atomic E-state index is 5.91. The van der Waals surface area contributed by atoms with Gasteiger partial charge in [-0.3, -0.25) is 0 Å². The van der Waals surface area contributed by atoms with Crippen molar-refractivity contribution in [2.24, 2.45) is 5.41 Å². The molecule has 14 heavy (non-hydrogen) atoms. The molecule has 1 heterocycles. The van der Waals surface area contributed by atoms with E-state index in [1.165, 1.54) is 19.3 Å². The summed E-state index contributed by atoms with van der Waals surface area (Å²) in [7, 11) is 0. The zero-order valence-corrected chi connectivity index (χ0v) is 9.25. The van der Waals surface area contributed by atoms with Crippen molar-refractivity contribution in [2.75, 3.05) is 5.73 Å². The van der Waals surface area contributed by atoms with Crippen LogP contribution in [0.4, 0.5) is 5.82 Å². The molecule has 3 heteroatoms. The average Bonchev–Trinajstić information content (AvgIpc) is 2.55. The van der Waals surface area contributed by atoms with Crippen molar-refractivity contribution < 1.29 is 0 Å². The molecule has 1 fully saturated rings. The van der Waals surface area contributed by atoms with E-state index in [2.05, 4.69) is 18.9 Å². The van der Waals surface area contributed by atoms with Gasteiger partial charge in [-0.2, -0.15) is 5.10 Å². The van der Waals surface area contributed by atoms with Gasteiger partial charge in [0.25, 0.3) is 0 Å². The highest BCUT2D eigenvalue weighted by Crippen LogP contribution is 2.43. The van der Waals surface area contributed by atoms with Crippen molar-refractivity contribution in [1.82, 2.24) is 9.78 Å². The lowest BCUT2D eigenvalue weighted by molar-refractivity contribution is 0.351. The summed E-state index contributed by atoms with van der Waals surface area (Å²) in [5.74, 6) is 0.810. The van der Waals surface area contributed by atoms with Gasteiger partial charge in [-0.05, 0) is 31.6 Å². The van der Waals surface area contributed by atoms with Crippen molar-refractivity contribution >= 4 is 5.82 Å². The zero-order valence-electron chi connectivity index (χ0n) is 9.25. The number of anilines is 1. The Bertz CT molecular complexity index is 338. The smallest absolute Gasteiger partial charge is 0.122 e. The Morgan fingerprint density at radius 2 is 2.29 bits per heavy atom. The number of nitrogens with two attached hydrogens (primary N) is 1. The van der Waals surface area contributed by atoms with Crippen LogP contribution in [0.15, 0.2) is 6.07 Å². The highest BCUT2D eigenvalue weighted by Gasteiger charge is 2.32. The molecule has 0 radical (unpaired) electrons. The third-order valence-corrected chi connectivity index (χ3v) is 3.18. The van der Waals surface area contributed by atoms with Crippen LogP contribution in [0, 0.1) is 12.3 Å². The summed E-state index contributed by atoms with van der Waals surface area (Å²) in [5.41, 5.74) is 7.39. The number of aryl methyl sites for hydroxylation is 1. The summed E-state index contributed by atoms with van der Waals surface area (Å²) in [5, 5.41) is 4.45. The Hall–Kier alpha value is -0.990. The van der Waals surface area contributed by atoms with E-state index < -0.39 is 0 Å². The molecule has 78 valence electrons. The zero-order chi connectivity index (χ0) is 10.3. The van der Waals surface area contributed by atoms with E-state index in [-0.39, 0.29) is 0 Å². The maximum absolute atomic E-state index is 5.91. The highest BCUT2D eigenvalue weighted by atomic mass is 15.3. The molecule has 2 rings (SSSR count). The molecule has 2 N–H and O–H groups in total. The Kier molecular flexibility index (Phi) is 2.05. The highest BCUT2D eigenvalue weighted by molar-refractivity contribution is 5.31. The fourth-order valence-electron chi connectivity index (χ4n) is 2.44. The second kappa shape index (κ2) is 3.01. The second-order valence-electron chi connectivity index (χ2n) is 5.22. The summed E-state index contributed by atoms with van der Waals surface area (Å²) in [6.45, 7) is 6.63. The minimum Gasteiger partial charge on any atom is -0.384 e. The molecule has 1 aliphatic rings. The number of rotatable bonds is 1. The first kappa shape index (κ1) is 9.56. The van der Waals surface area contributed by atoms with Gasteiger partial charge in [0.05, 0.1) is 11.7 Å².